The highest BCUT2D eigenvalue weighted by atomic mass is 79.9. The third-order valence-electron chi connectivity index (χ3n) is 3.54. The van der Waals surface area contributed by atoms with Crippen LogP contribution in [0.2, 0.25) is 0 Å². The van der Waals surface area contributed by atoms with Gasteiger partial charge in [-0.05, 0) is 37.0 Å². The van der Waals surface area contributed by atoms with E-state index in [-0.39, 0.29) is 5.54 Å². The lowest BCUT2D eigenvalue weighted by Gasteiger charge is -2.30. The Labute approximate surface area is 97.9 Å². The minimum atomic E-state index is 0.0619. The first-order valence-corrected chi connectivity index (χ1v) is 6.19. The maximum Gasteiger partial charge on any atom is 0.123 e. The van der Waals surface area contributed by atoms with Crippen molar-refractivity contribution < 1.29 is 4.74 Å². The fourth-order valence-corrected chi connectivity index (χ4v) is 2.79. The smallest absolute Gasteiger partial charge is 0.123 e. The quantitative estimate of drug-likeness (QED) is 0.850. The Kier molecular flexibility index (Phi) is 2.08. The van der Waals surface area contributed by atoms with Gasteiger partial charge in [-0.2, -0.15) is 0 Å². The largest absolute Gasteiger partial charge is 0.493 e. The number of halogens is 1. The molecule has 0 saturated heterocycles. The molecule has 0 aromatic heterocycles. The second kappa shape index (κ2) is 3.22. The Hall–Kier alpha value is -0.540. The Morgan fingerprint density at radius 1 is 1.40 bits per heavy atom. The Bertz CT molecular complexity index is 401. The summed E-state index contributed by atoms with van der Waals surface area (Å²) in [4.78, 5) is 0. The molecular weight excluding hydrogens is 254 g/mol. The summed E-state index contributed by atoms with van der Waals surface area (Å²) in [6.45, 7) is 0.799. The van der Waals surface area contributed by atoms with Gasteiger partial charge in [-0.3, -0.25) is 0 Å². The molecule has 1 heterocycles. The van der Waals surface area contributed by atoms with Gasteiger partial charge in [-0.15, -0.1) is 0 Å². The predicted octanol–water partition coefficient (Wildman–Crippen LogP) is 2.81. The number of hydrogen-bond donors (Lipinski definition) is 1. The molecule has 1 atom stereocenters. The SMILES string of the molecule is NC1(C2CCOc3cc(Br)ccc32)CC1. The van der Waals surface area contributed by atoms with E-state index in [1.807, 2.05) is 6.07 Å². The van der Waals surface area contributed by atoms with Gasteiger partial charge in [-0.1, -0.05) is 22.0 Å². The zero-order valence-electron chi connectivity index (χ0n) is 8.50. The maximum absolute atomic E-state index is 6.31. The van der Waals surface area contributed by atoms with Gasteiger partial charge in [0.15, 0.2) is 0 Å². The van der Waals surface area contributed by atoms with E-state index in [2.05, 4.69) is 28.1 Å². The van der Waals surface area contributed by atoms with E-state index in [0.29, 0.717) is 5.92 Å². The van der Waals surface area contributed by atoms with Crippen molar-refractivity contribution in [3.63, 3.8) is 0 Å². The molecule has 1 fully saturated rings. The molecular formula is C12H14BrNO. The van der Waals surface area contributed by atoms with Gasteiger partial charge in [-0.25, -0.2) is 0 Å². The molecule has 3 heteroatoms. The van der Waals surface area contributed by atoms with Gasteiger partial charge < -0.3 is 10.5 Å². The molecule has 2 aliphatic rings. The molecule has 1 aliphatic carbocycles. The Morgan fingerprint density at radius 2 is 2.20 bits per heavy atom. The van der Waals surface area contributed by atoms with Crippen molar-refractivity contribution in [2.75, 3.05) is 6.61 Å². The summed E-state index contributed by atoms with van der Waals surface area (Å²) >= 11 is 3.47. The van der Waals surface area contributed by atoms with Gasteiger partial charge in [0.1, 0.15) is 5.75 Å². The van der Waals surface area contributed by atoms with Gasteiger partial charge in [0.2, 0.25) is 0 Å². The van der Waals surface area contributed by atoms with Crippen LogP contribution < -0.4 is 10.5 Å². The van der Waals surface area contributed by atoms with Crippen LogP contribution in [0.5, 0.6) is 5.75 Å². The first-order chi connectivity index (χ1) is 7.19. The minimum absolute atomic E-state index is 0.0619. The van der Waals surface area contributed by atoms with E-state index in [1.165, 1.54) is 5.56 Å². The lowest BCUT2D eigenvalue weighted by Crippen LogP contribution is -2.34. The molecule has 0 amide bonds. The Balaban J connectivity index is 2.03. The molecule has 1 aromatic rings. The first-order valence-electron chi connectivity index (χ1n) is 5.40. The molecule has 0 radical (unpaired) electrons. The number of benzene rings is 1. The van der Waals surface area contributed by atoms with Crippen molar-refractivity contribution in [2.24, 2.45) is 5.73 Å². The number of rotatable bonds is 1. The highest BCUT2D eigenvalue weighted by Crippen LogP contribution is 2.50. The number of ether oxygens (including phenoxy) is 1. The molecule has 1 unspecified atom stereocenters. The molecule has 80 valence electrons. The van der Waals surface area contributed by atoms with Gasteiger partial charge in [0, 0.05) is 15.9 Å². The molecule has 1 aromatic carbocycles. The summed E-state index contributed by atoms with van der Waals surface area (Å²) in [5.74, 6) is 1.51. The van der Waals surface area contributed by atoms with Crippen LogP contribution in [0, 0.1) is 0 Å². The van der Waals surface area contributed by atoms with Crippen LogP contribution in [-0.2, 0) is 0 Å². The highest BCUT2D eigenvalue weighted by Gasteiger charge is 2.47. The molecule has 2 N–H and O–H groups in total. The lowest BCUT2D eigenvalue weighted by atomic mass is 9.85. The zero-order chi connectivity index (χ0) is 10.5. The fourth-order valence-electron chi connectivity index (χ4n) is 2.45. The molecule has 0 bridgehead atoms. The summed E-state index contributed by atoms with van der Waals surface area (Å²) in [6, 6.07) is 6.27. The second-order valence-corrected chi connectivity index (χ2v) is 5.52. The van der Waals surface area contributed by atoms with Crippen molar-refractivity contribution in [2.45, 2.75) is 30.7 Å². The van der Waals surface area contributed by atoms with Crippen molar-refractivity contribution in [1.82, 2.24) is 0 Å². The molecule has 15 heavy (non-hydrogen) atoms. The molecule has 3 rings (SSSR count). The van der Waals surface area contributed by atoms with Gasteiger partial charge in [0.25, 0.3) is 0 Å². The van der Waals surface area contributed by atoms with Crippen molar-refractivity contribution >= 4 is 15.9 Å². The van der Waals surface area contributed by atoms with Crippen LogP contribution in [0.1, 0.15) is 30.7 Å². The molecule has 1 aliphatic heterocycles. The van der Waals surface area contributed by atoms with E-state index in [9.17, 15) is 0 Å². The van der Waals surface area contributed by atoms with Gasteiger partial charge >= 0.3 is 0 Å². The average molecular weight is 268 g/mol. The molecule has 2 nitrogen and oxygen atoms in total. The van der Waals surface area contributed by atoms with Crippen LogP contribution in [0.4, 0.5) is 0 Å². The van der Waals surface area contributed by atoms with E-state index in [0.717, 1.165) is 36.1 Å². The van der Waals surface area contributed by atoms with Crippen molar-refractivity contribution in [3.05, 3.63) is 28.2 Å². The van der Waals surface area contributed by atoms with Crippen LogP contribution in [0.15, 0.2) is 22.7 Å². The number of hydrogen-bond acceptors (Lipinski definition) is 2. The topological polar surface area (TPSA) is 35.2 Å². The highest BCUT2D eigenvalue weighted by molar-refractivity contribution is 9.10. The standard InChI is InChI=1S/C12H14BrNO/c13-8-1-2-9-10(12(14)4-5-12)3-6-15-11(9)7-8/h1-2,7,10H,3-6,14H2. The monoisotopic (exact) mass is 267 g/mol. The summed E-state index contributed by atoms with van der Waals surface area (Å²) in [6.07, 6.45) is 3.38. The maximum atomic E-state index is 6.31. The lowest BCUT2D eigenvalue weighted by molar-refractivity contribution is 0.251. The molecule has 0 spiro atoms. The fraction of sp³-hybridized carbons (Fsp3) is 0.500. The summed E-state index contributed by atoms with van der Waals surface area (Å²) < 4.78 is 6.74. The zero-order valence-corrected chi connectivity index (χ0v) is 10.1. The number of nitrogens with two attached hydrogens (primary N) is 1. The second-order valence-electron chi connectivity index (χ2n) is 4.61. The van der Waals surface area contributed by atoms with Gasteiger partial charge in [0.05, 0.1) is 6.61 Å². The van der Waals surface area contributed by atoms with Crippen molar-refractivity contribution in [1.29, 1.82) is 0 Å². The van der Waals surface area contributed by atoms with Crippen molar-refractivity contribution in [3.8, 4) is 5.75 Å². The summed E-state index contributed by atoms with van der Waals surface area (Å²) in [5.41, 5.74) is 7.66. The first kappa shape index (κ1) is 9.67. The number of fused-ring (bicyclic) bond motifs is 1. The van der Waals surface area contributed by atoms with E-state index < -0.39 is 0 Å². The van der Waals surface area contributed by atoms with Crippen LogP contribution in [-0.4, -0.2) is 12.1 Å². The van der Waals surface area contributed by atoms with Crippen LogP contribution >= 0.6 is 15.9 Å². The Morgan fingerprint density at radius 3 is 2.93 bits per heavy atom. The third-order valence-corrected chi connectivity index (χ3v) is 4.03. The van der Waals surface area contributed by atoms with E-state index in [1.54, 1.807) is 0 Å². The van der Waals surface area contributed by atoms with Crippen LogP contribution in [0.25, 0.3) is 0 Å². The normalized spacial score (nSPS) is 26.7. The summed E-state index contributed by atoms with van der Waals surface area (Å²) in [5, 5.41) is 0. The predicted molar refractivity (Wildman–Crippen MR) is 63.1 cm³/mol. The van der Waals surface area contributed by atoms with Crippen LogP contribution in [0.3, 0.4) is 0 Å². The summed E-state index contributed by atoms with van der Waals surface area (Å²) in [7, 11) is 0. The molecule has 1 saturated carbocycles. The third kappa shape index (κ3) is 1.58. The average Bonchev–Trinajstić information content (AvgIpc) is 2.96. The van der Waals surface area contributed by atoms with E-state index in [4.69, 9.17) is 10.5 Å². The minimum Gasteiger partial charge on any atom is -0.493 e. The van der Waals surface area contributed by atoms with E-state index >= 15 is 0 Å².